The zero-order chi connectivity index (χ0) is 16.1. The van der Waals surface area contributed by atoms with Crippen LogP contribution < -0.4 is 4.52 Å². The summed E-state index contributed by atoms with van der Waals surface area (Å²) in [6.07, 6.45) is -2.51. The normalized spacial score (nSPS) is 13.2. The number of para-hydroxylation sites is 1. The van der Waals surface area contributed by atoms with Crippen LogP contribution in [0.5, 0.6) is 5.75 Å². The van der Waals surface area contributed by atoms with Gasteiger partial charge in [0.25, 0.3) is 0 Å². The molecule has 1 aromatic rings. The third kappa shape index (κ3) is 8.80. The van der Waals surface area contributed by atoms with Crippen molar-refractivity contribution in [2.24, 2.45) is 10.8 Å². The van der Waals surface area contributed by atoms with Gasteiger partial charge in [-0.25, -0.2) is 0 Å². The summed E-state index contributed by atoms with van der Waals surface area (Å²) < 4.78 is 18.0. The minimum atomic E-state index is -2.51. The summed E-state index contributed by atoms with van der Waals surface area (Å²) in [4.78, 5) is 0. The van der Waals surface area contributed by atoms with Crippen LogP contribution in [0.15, 0.2) is 30.3 Å². The molecular formula is C16H27O3PSe. The molecule has 0 radical (unpaired) electrons. The van der Waals surface area contributed by atoms with E-state index in [0.717, 1.165) is 5.75 Å². The SMILES string of the molecule is CC(C)(C)COP(=[Se])(OCC(C)(C)C)Oc1ccccc1. The molecule has 0 aliphatic rings. The van der Waals surface area contributed by atoms with Crippen LogP contribution in [0.1, 0.15) is 41.5 Å². The minimum absolute atomic E-state index is 0.0558. The van der Waals surface area contributed by atoms with Gasteiger partial charge in [-0.05, 0) is 0 Å². The summed E-state index contributed by atoms with van der Waals surface area (Å²) in [6.45, 7) is 13.9. The van der Waals surface area contributed by atoms with Crippen LogP contribution in [-0.4, -0.2) is 28.3 Å². The van der Waals surface area contributed by atoms with E-state index in [2.05, 4.69) is 56.6 Å². The van der Waals surface area contributed by atoms with Crippen LogP contribution in [0.2, 0.25) is 0 Å². The number of benzene rings is 1. The fourth-order valence-electron chi connectivity index (χ4n) is 1.25. The zero-order valence-electron chi connectivity index (χ0n) is 13.9. The average molecular weight is 377 g/mol. The Morgan fingerprint density at radius 1 is 0.857 bits per heavy atom. The molecule has 0 unspecified atom stereocenters. The van der Waals surface area contributed by atoms with Crippen LogP contribution in [0.25, 0.3) is 0 Å². The van der Waals surface area contributed by atoms with Crippen LogP contribution in [0.4, 0.5) is 0 Å². The fraction of sp³-hybridized carbons (Fsp3) is 0.625. The van der Waals surface area contributed by atoms with Crippen molar-refractivity contribution >= 4 is 21.3 Å². The summed E-state index contributed by atoms with van der Waals surface area (Å²) in [6, 6.07) is 9.65. The van der Waals surface area contributed by atoms with Crippen molar-refractivity contribution in [1.82, 2.24) is 0 Å². The first-order chi connectivity index (χ1) is 9.49. The van der Waals surface area contributed by atoms with Crippen molar-refractivity contribution in [2.45, 2.75) is 41.5 Å². The van der Waals surface area contributed by atoms with E-state index in [1.54, 1.807) is 0 Å². The van der Waals surface area contributed by atoms with E-state index in [1.807, 2.05) is 30.3 Å². The van der Waals surface area contributed by atoms with Crippen molar-refractivity contribution in [3.05, 3.63) is 30.3 Å². The first kappa shape index (κ1) is 18.9. The number of rotatable bonds is 6. The molecule has 0 aromatic heterocycles. The molecule has 1 rings (SSSR count). The van der Waals surface area contributed by atoms with E-state index < -0.39 is 6.19 Å². The third-order valence-corrected chi connectivity index (χ3v) is 5.39. The van der Waals surface area contributed by atoms with Crippen LogP contribution in [-0.2, 0) is 9.05 Å². The Morgan fingerprint density at radius 2 is 1.29 bits per heavy atom. The number of hydrogen-bond donors (Lipinski definition) is 0. The van der Waals surface area contributed by atoms with Gasteiger partial charge in [0.05, 0.1) is 0 Å². The molecule has 120 valence electrons. The topological polar surface area (TPSA) is 27.7 Å². The standard InChI is InChI=1S/C16H27O3PSe/c1-15(2,3)12-17-20(21,18-13-16(4,5)6)19-14-10-8-7-9-11-14/h7-11H,12-13H2,1-6H3. The van der Waals surface area contributed by atoms with Gasteiger partial charge in [-0.15, -0.1) is 0 Å². The molecule has 3 nitrogen and oxygen atoms in total. The maximum atomic E-state index is 6.00. The first-order valence-electron chi connectivity index (χ1n) is 7.13. The molecule has 0 saturated carbocycles. The average Bonchev–Trinajstić information content (AvgIpc) is 2.34. The second-order valence-corrected chi connectivity index (χ2v) is 11.9. The van der Waals surface area contributed by atoms with Crippen molar-refractivity contribution in [2.75, 3.05) is 13.2 Å². The molecule has 0 heterocycles. The van der Waals surface area contributed by atoms with E-state index in [4.69, 9.17) is 13.6 Å². The predicted molar refractivity (Wildman–Crippen MR) is 90.6 cm³/mol. The van der Waals surface area contributed by atoms with Gasteiger partial charge in [-0.3, -0.25) is 0 Å². The Morgan fingerprint density at radius 3 is 1.67 bits per heavy atom. The van der Waals surface area contributed by atoms with E-state index in [1.165, 1.54) is 0 Å². The quantitative estimate of drug-likeness (QED) is 0.514. The van der Waals surface area contributed by atoms with E-state index in [0.29, 0.717) is 13.2 Å². The molecule has 0 aliphatic heterocycles. The van der Waals surface area contributed by atoms with Gasteiger partial charge in [0, 0.05) is 0 Å². The Balaban J connectivity index is 2.80. The Kier molecular flexibility index (Phi) is 6.71. The van der Waals surface area contributed by atoms with Crippen LogP contribution in [0, 0.1) is 10.8 Å². The van der Waals surface area contributed by atoms with E-state index >= 15 is 0 Å². The molecule has 21 heavy (non-hydrogen) atoms. The first-order valence-corrected chi connectivity index (χ1v) is 10.9. The van der Waals surface area contributed by atoms with E-state index in [9.17, 15) is 0 Å². The molecule has 0 saturated heterocycles. The Bertz CT molecular complexity index is 453. The summed E-state index contributed by atoms with van der Waals surface area (Å²) in [5.74, 6) is 0.757. The number of hydrogen-bond acceptors (Lipinski definition) is 3. The third-order valence-electron chi connectivity index (χ3n) is 2.27. The van der Waals surface area contributed by atoms with Crippen molar-refractivity contribution in [3.63, 3.8) is 0 Å². The summed E-state index contributed by atoms with van der Waals surface area (Å²) >= 11 is 3.03. The Hall–Kier alpha value is -0.111. The second kappa shape index (κ2) is 7.44. The second-order valence-electron chi connectivity index (χ2n) is 7.52. The fourth-order valence-corrected chi connectivity index (χ4v) is 4.10. The molecule has 0 N–H and O–H groups in total. The van der Waals surface area contributed by atoms with Gasteiger partial charge >= 0.3 is 137 Å². The van der Waals surface area contributed by atoms with E-state index in [-0.39, 0.29) is 10.8 Å². The van der Waals surface area contributed by atoms with Gasteiger partial charge in [-0.1, -0.05) is 0 Å². The molecule has 0 spiro atoms. The molecular weight excluding hydrogens is 350 g/mol. The molecule has 5 heteroatoms. The van der Waals surface area contributed by atoms with Gasteiger partial charge in [0.15, 0.2) is 0 Å². The Labute approximate surface area is 136 Å². The molecule has 0 amide bonds. The summed E-state index contributed by atoms with van der Waals surface area (Å²) in [7, 11) is 0. The molecule has 1 aromatic carbocycles. The van der Waals surface area contributed by atoms with Crippen LogP contribution in [0.3, 0.4) is 0 Å². The summed E-state index contributed by atoms with van der Waals surface area (Å²) in [5.41, 5.74) is 0.112. The van der Waals surface area contributed by atoms with Crippen LogP contribution >= 0.6 is 6.19 Å². The molecule has 0 fully saturated rings. The molecule has 0 bridgehead atoms. The van der Waals surface area contributed by atoms with Gasteiger partial charge < -0.3 is 0 Å². The monoisotopic (exact) mass is 378 g/mol. The van der Waals surface area contributed by atoms with Crippen molar-refractivity contribution < 1.29 is 13.6 Å². The predicted octanol–water partition coefficient (Wildman–Crippen LogP) is 5.04. The molecule has 0 atom stereocenters. The van der Waals surface area contributed by atoms with Gasteiger partial charge in [-0.2, -0.15) is 0 Å². The van der Waals surface area contributed by atoms with Gasteiger partial charge in [0.1, 0.15) is 0 Å². The molecule has 0 aliphatic carbocycles. The van der Waals surface area contributed by atoms with Crippen molar-refractivity contribution in [3.8, 4) is 5.75 Å². The van der Waals surface area contributed by atoms with Crippen molar-refractivity contribution in [1.29, 1.82) is 0 Å². The van der Waals surface area contributed by atoms with Gasteiger partial charge in [0.2, 0.25) is 0 Å². The zero-order valence-corrected chi connectivity index (χ0v) is 16.5. The summed E-state index contributed by atoms with van der Waals surface area (Å²) in [5, 5.41) is 0. The maximum absolute atomic E-state index is 6.00.